The number of hydrazone groups is 1. The summed E-state index contributed by atoms with van der Waals surface area (Å²) in [5, 5.41) is 15.4. The van der Waals surface area contributed by atoms with Gasteiger partial charge in [0.05, 0.1) is 16.8 Å². The van der Waals surface area contributed by atoms with Crippen LogP contribution in [-0.4, -0.2) is 35.2 Å². The van der Waals surface area contributed by atoms with Crippen LogP contribution in [0.3, 0.4) is 0 Å². The molecule has 0 aliphatic carbocycles. The minimum Gasteiger partial charge on any atom is -0.372 e. The monoisotopic (exact) mass is 376 g/mol. The van der Waals surface area contributed by atoms with Gasteiger partial charge < -0.3 is 4.90 Å². The molecule has 3 aromatic rings. The lowest BCUT2D eigenvalue weighted by Gasteiger charge is -2.12. The van der Waals surface area contributed by atoms with E-state index in [9.17, 15) is 10.1 Å². The van der Waals surface area contributed by atoms with E-state index in [0.29, 0.717) is 17.2 Å². The predicted octanol–water partition coefficient (Wildman–Crippen LogP) is 3.87. The number of aryl methyl sites for hydroxylation is 1. The first kappa shape index (κ1) is 19.0. The van der Waals surface area contributed by atoms with E-state index in [1.165, 1.54) is 12.3 Å². The summed E-state index contributed by atoms with van der Waals surface area (Å²) in [6.45, 7) is 1.88. The van der Waals surface area contributed by atoms with Crippen LogP contribution < -0.4 is 10.3 Å². The van der Waals surface area contributed by atoms with Gasteiger partial charge in [-0.3, -0.25) is 10.1 Å². The molecule has 0 spiro atoms. The Morgan fingerprint density at radius 3 is 2.54 bits per heavy atom. The fourth-order valence-corrected chi connectivity index (χ4v) is 2.69. The summed E-state index contributed by atoms with van der Waals surface area (Å²) < 4.78 is 0. The molecule has 2 aromatic carbocycles. The van der Waals surface area contributed by atoms with E-state index < -0.39 is 4.92 Å². The van der Waals surface area contributed by atoms with Crippen molar-refractivity contribution in [1.29, 1.82) is 0 Å². The number of rotatable bonds is 6. The maximum absolute atomic E-state index is 11.3. The first-order valence-corrected chi connectivity index (χ1v) is 8.60. The molecule has 0 unspecified atom stereocenters. The van der Waals surface area contributed by atoms with Gasteiger partial charge in [-0.2, -0.15) is 5.10 Å². The van der Waals surface area contributed by atoms with Crippen LogP contribution >= 0.6 is 0 Å². The molecule has 8 nitrogen and oxygen atoms in total. The molecule has 1 heterocycles. The van der Waals surface area contributed by atoms with Gasteiger partial charge in [-0.05, 0) is 19.1 Å². The van der Waals surface area contributed by atoms with E-state index in [1.807, 2.05) is 43.3 Å². The number of nitro groups is 1. The highest BCUT2D eigenvalue weighted by atomic mass is 16.6. The summed E-state index contributed by atoms with van der Waals surface area (Å²) in [6, 6.07) is 16.6. The molecule has 0 radical (unpaired) electrons. The topological polar surface area (TPSA) is 96.5 Å². The average Bonchev–Trinajstić information content (AvgIpc) is 2.68. The van der Waals surface area contributed by atoms with Crippen LogP contribution in [0.25, 0.3) is 11.3 Å². The van der Waals surface area contributed by atoms with Gasteiger partial charge in [0.15, 0.2) is 0 Å². The zero-order valence-electron chi connectivity index (χ0n) is 15.8. The summed E-state index contributed by atoms with van der Waals surface area (Å²) in [6.07, 6.45) is 1.50. The number of nitrogens with zero attached hydrogens (tertiary/aromatic N) is 5. The second-order valence-corrected chi connectivity index (χ2v) is 6.35. The third-order valence-electron chi connectivity index (χ3n) is 3.98. The largest absolute Gasteiger partial charge is 0.372 e. The Labute approximate surface area is 162 Å². The van der Waals surface area contributed by atoms with E-state index in [1.54, 1.807) is 31.1 Å². The van der Waals surface area contributed by atoms with Crippen molar-refractivity contribution in [3.05, 3.63) is 76.0 Å². The molecule has 0 aliphatic rings. The first-order chi connectivity index (χ1) is 13.4. The van der Waals surface area contributed by atoms with E-state index in [4.69, 9.17) is 0 Å². The maximum Gasteiger partial charge on any atom is 0.293 e. The number of aromatic nitrogens is 2. The maximum atomic E-state index is 11.3. The second kappa shape index (κ2) is 8.26. The molecule has 0 atom stereocenters. The summed E-state index contributed by atoms with van der Waals surface area (Å²) >= 11 is 0. The molecule has 3 rings (SSSR count). The standard InChI is InChI=1S/C20H20N6O2/c1-14-11-17(16-7-5-4-6-8-16)23-20(22-14)24-21-13-15-9-10-18(25(2)3)19(12-15)26(27)28/h4-13H,1-3H3,(H,22,23,24)/b21-13-. The summed E-state index contributed by atoms with van der Waals surface area (Å²) in [7, 11) is 3.52. The lowest BCUT2D eigenvalue weighted by Crippen LogP contribution is -2.11. The zero-order valence-corrected chi connectivity index (χ0v) is 15.8. The summed E-state index contributed by atoms with van der Waals surface area (Å²) in [5.41, 5.74) is 6.52. The normalized spacial score (nSPS) is 10.8. The molecule has 8 heteroatoms. The SMILES string of the molecule is Cc1cc(-c2ccccc2)nc(N/N=C\c2ccc(N(C)C)c([N+](=O)[O-])c2)n1. The van der Waals surface area contributed by atoms with Crippen molar-refractivity contribution in [3.63, 3.8) is 0 Å². The van der Waals surface area contributed by atoms with Gasteiger partial charge in [-0.25, -0.2) is 15.4 Å². The molecule has 28 heavy (non-hydrogen) atoms. The Bertz CT molecular complexity index is 1020. The Balaban J connectivity index is 1.81. The molecule has 0 saturated heterocycles. The van der Waals surface area contributed by atoms with Crippen molar-refractivity contribution >= 4 is 23.5 Å². The van der Waals surface area contributed by atoms with Gasteiger partial charge >= 0.3 is 0 Å². The van der Waals surface area contributed by atoms with Crippen LogP contribution in [0.4, 0.5) is 17.3 Å². The Morgan fingerprint density at radius 2 is 1.86 bits per heavy atom. The van der Waals surface area contributed by atoms with Crippen LogP contribution in [-0.2, 0) is 0 Å². The fourth-order valence-electron chi connectivity index (χ4n) is 2.69. The van der Waals surface area contributed by atoms with Gasteiger partial charge in [-0.15, -0.1) is 0 Å². The average molecular weight is 376 g/mol. The molecule has 0 fully saturated rings. The van der Waals surface area contributed by atoms with Gasteiger partial charge in [0, 0.05) is 37.0 Å². The van der Waals surface area contributed by atoms with E-state index in [-0.39, 0.29) is 5.69 Å². The molecule has 0 bridgehead atoms. The quantitative estimate of drug-likeness (QED) is 0.398. The van der Waals surface area contributed by atoms with Gasteiger partial charge in [-0.1, -0.05) is 36.4 Å². The highest BCUT2D eigenvalue weighted by molar-refractivity contribution is 5.83. The zero-order chi connectivity index (χ0) is 20.1. The van der Waals surface area contributed by atoms with Crippen LogP contribution in [0.15, 0.2) is 59.7 Å². The number of hydrogen-bond donors (Lipinski definition) is 1. The van der Waals surface area contributed by atoms with Crippen LogP contribution in [0, 0.1) is 17.0 Å². The minimum absolute atomic E-state index is 0.0205. The van der Waals surface area contributed by atoms with E-state index >= 15 is 0 Å². The van der Waals surface area contributed by atoms with Crippen molar-refractivity contribution in [2.45, 2.75) is 6.92 Å². The van der Waals surface area contributed by atoms with Crippen molar-refractivity contribution in [2.24, 2.45) is 5.10 Å². The van der Waals surface area contributed by atoms with E-state index in [2.05, 4.69) is 20.5 Å². The van der Waals surface area contributed by atoms with Crippen molar-refractivity contribution in [1.82, 2.24) is 9.97 Å². The Kier molecular flexibility index (Phi) is 5.59. The second-order valence-electron chi connectivity index (χ2n) is 6.35. The summed E-state index contributed by atoms with van der Waals surface area (Å²) in [5.74, 6) is 0.356. The van der Waals surface area contributed by atoms with Crippen LogP contribution in [0.2, 0.25) is 0 Å². The highest BCUT2D eigenvalue weighted by Gasteiger charge is 2.15. The highest BCUT2D eigenvalue weighted by Crippen LogP contribution is 2.27. The smallest absolute Gasteiger partial charge is 0.293 e. The van der Waals surface area contributed by atoms with Gasteiger partial charge in [0.1, 0.15) is 5.69 Å². The lowest BCUT2D eigenvalue weighted by atomic mass is 10.1. The molecule has 0 aliphatic heterocycles. The van der Waals surface area contributed by atoms with Crippen molar-refractivity contribution < 1.29 is 4.92 Å². The lowest BCUT2D eigenvalue weighted by molar-refractivity contribution is -0.384. The number of hydrogen-bond acceptors (Lipinski definition) is 7. The Morgan fingerprint density at radius 1 is 1.11 bits per heavy atom. The van der Waals surface area contributed by atoms with Crippen molar-refractivity contribution in [3.8, 4) is 11.3 Å². The fraction of sp³-hybridized carbons (Fsp3) is 0.150. The van der Waals surface area contributed by atoms with Gasteiger partial charge in [0.2, 0.25) is 5.95 Å². The number of nitro benzene ring substituents is 1. The van der Waals surface area contributed by atoms with Gasteiger partial charge in [0.25, 0.3) is 5.69 Å². The first-order valence-electron chi connectivity index (χ1n) is 8.60. The number of nitrogens with one attached hydrogen (secondary N) is 1. The molecule has 1 aromatic heterocycles. The molecule has 0 amide bonds. The third kappa shape index (κ3) is 4.47. The molecule has 142 valence electrons. The van der Waals surface area contributed by atoms with Crippen molar-refractivity contribution in [2.75, 3.05) is 24.4 Å². The van der Waals surface area contributed by atoms with E-state index in [0.717, 1.165) is 17.0 Å². The van der Waals surface area contributed by atoms with Crippen LogP contribution in [0.1, 0.15) is 11.3 Å². The molecular weight excluding hydrogens is 356 g/mol. The molecular formula is C20H20N6O2. The Hall–Kier alpha value is -3.81. The molecule has 0 saturated carbocycles. The summed E-state index contributed by atoms with van der Waals surface area (Å²) in [4.78, 5) is 21.4. The third-order valence-corrected chi connectivity index (χ3v) is 3.98. The minimum atomic E-state index is -0.407. The predicted molar refractivity (Wildman–Crippen MR) is 111 cm³/mol. The van der Waals surface area contributed by atoms with Crippen LogP contribution in [0.5, 0.6) is 0 Å². The number of benzene rings is 2. The molecule has 1 N–H and O–H groups in total. The number of anilines is 2.